The number of oxime groups is 1. The molecule has 4 aliphatic rings. The van der Waals surface area contributed by atoms with Crippen LogP contribution in [-0.4, -0.2) is 14.0 Å². The Kier molecular flexibility index (Phi) is 8.08. The van der Waals surface area contributed by atoms with Crippen molar-refractivity contribution < 1.29 is 4.53 Å². The van der Waals surface area contributed by atoms with Gasteiger partial charge < -0.3 is 4.53 Å². The topological polar surface area (TPSA) is 21.6 Å². The fourth-order valence-corrected chi connectivity index (χ4v) is 9.89. The molecule has 4 rings (SSSR count). The molecule has 0 aromatic carbocycles. The lowest BCUT2D eigenvalue weighted by molar-refractivity contribution is -0.0576. The number of fused-ring (bicyclic) bond motifs is 5. The van der Waals surface area contributed by atoms with E-state index in [0.29, 0.717) is 10.8 Å². The minimum absolute atomic E-state index is 0.401. The number of allylic oxidation sites excluding steroid dienone is 2. The highest BCUT2D eigenvalue weighted by Gasteiger charge is 2.59. The molecular formula is C32H57NOSi. The fourth-order valence-electron chi connectivity index (χ4n) is 9.50. The highest BCUT2D eigenvalue weighted by Crippen LogP contribution is 2.67. The van der Waals surface area contributed by atoms with Gasteiger partial charge in [0.2, 0.25) is 0 Å². The van der Waals surface area contributed by atoms with Crippen molar-refractivity contribution >= 4 is 14.0 Å². The van der Waals surface area contributed by atoms with E-state index in [1.807, 2.05) is 0 Å². The van der Waals surface area contributed by atoms with Gasteiger partial charge in [0.15, 0.2) is 0 Å². The van der Waals surface area contributed by atoms with E-state index >= 15 is 0 Å². The third kappa shape index (κ3) is 5.37. The number of hydrogen-bond acceptors (Lipinski definition) is 2. The molecule has 3 saturated carbocycles. The van der Waals surface area contributed by atoms with Crippen LogP contribution >= 0.6 is 0 Å². The summed E-state index contributed by atoms with van der Waals surface area (Å²) in [7, 11) is -1.61. The quantitative estimate of drug-likeness (QED) is 0.240. The van der Waals surface area contributed by atoms with Crippen molar-refractivity contribution in [2.75, 3.05) is 0 Å². The van der Waals surface area contributed by atoms with E-state index in [1.54, 1.807) is 5.57 Å². The number of rotatable bonds is 8. The summed E-state index contributed by atoms with van der Waals surface area (Å²) in [6.45, 7) is 21.9. The second kappa shape index (κ2) is 10.3. The molecule has 0 aliphatic heterocycles. The van der Waals surface area contributed by atoms with Gasteiger partial charge in [-0.2, -0.15) is 0 Å². The van der Waals surface area contributed by atoms with Gasteiger partial charge in [-0.1, -0.05) is 60.0 Å². The van der Waals surface area contributed by atoms with Gasteiger partial charge in [0, 0.05) is 0 Å². The molecule has 8 atom stereocenters. The van der Waals surface area contributed by atoms with Gasteiger partial charge in [-0.3, -0.25) is 0 Å². The third-order valence-electron chi connectivity index (χ3n) is 11.6. The molecule has 0 N–H and O–H groups in total. The van der Waals surface area contributed by atoms with E-state index in [0.717, 1.165) is 47.8 Å². The molecule has 0 bridgehead atoms. The summed E-state index contributed by atoms with van der Waals surface area (Å²) in [5.41, 5.74) is 3.90. The van der Waals surface area contributed by atoms with Gasteiger partial charge in [0.25, 0.3) is 8.32 Å². The van der Waals surface area contributed by atoms with Crippen LogP contribution in [0.1, 0.15) is 112 Å². The lowest BCUT2D eigenvalue weighted by Gasteiger charge is -2.58. The van der Waals surface area contributed by atoms with Crippen molar-refractivity contribution in [3.05, 3.63) is 11.6 Å². The van der Waals surface area contributed by atoms with Crippen molar-refractivity contribution in [3.8, 4) is 0 Å². The molecule has 200 valence electrons. The van der Waals surface area contributed by atoms with Gasteiger partial charge in [-0.25, -0.2) is 0 Å². The van der Waals surface area contributed by atoms with E-state index in [-0.39, 0.29) is 0 Å². The molecule has 0 heterocycles. The predicted octanol–water partition coefficient (Wildman–Crippen LogP) is 9.87. The maximum absolute atomic E-state index is 5.93. The molecule has 3 heteroatoms. The summed E-state index contributed by atoms with van der Waals surface area (Å²) in [5.74, 6) is 6.39. The van der Waals surface area contributed by atoms with Crippen molar-refractivity contribution in [2.45, 2.75) is 132 Å². The van der Waals surface area contributed by atoms with Crippen LogP contribution in [0.15, 0.2) is 16.8 Å². The van der Waals surface area contributed by atoms with Crippen LogP contribution in [0.5, 0.6) is 0 Å². The Labute approximate surface area is 219 Å². The van der Waals surface area contributed by atoms with Gasteiger partial charge >= 0.3 is 0 Å². The second-order valence-corrected chi connectivity index (χ2v) is 19.4. The number of nitrogens with zero attached hydrogens (tertiary/aromatic N) is 1. The summed E-state index contributed by atoms with van der Waals surface area (Å²) in [6.07, 6.45) is 17.7. The van der Waals surface area contributed by atoms with Crippen molar-refractivity contribution in [1.82, 2.24) is 0 Å². The summed E-state index contributed by atoms with van der Waals surface area (Å²) >= 11 is 0. The summed E-state index contributed by atoms with van der Waals surface area (Å²) < 4.78 is 5.93. The molecule has 8 unspecified atom stereocenters. The first-order valence-electron chi connectivity index (χ1n) is 15.3. The largest absolute Gasteiger partial charge is 0.455 e. The molecule has 35 heavy (non-hydrogen) atoms. The van der Waals surface area contributed by atoms with E-state index in [4.69, 9.17) is 4.53 Å². The average Bonchev–Trinajstić information content (AvgIpc) is 3.14. The monoisotopic (exact) mass is 499 g/mol. The Hall–Kier alpha value is -0.573. The van der Waals surface area contributed by atoms with Crippen LogP contribution in [0, 0.1) is 52.3 Å². The van der Waals surface area contributed by atoms with E-state index in [9.17, 15) is 0 Å². The minimum atomic E-state index is -1.61. The zero-order valence-electron chi connectivity index (χ0n) is 24.8. The van der Waals surface area contributed by atoms with Crippen LogP contribution in [0.3, 0.4) is 0 Å². The van der Waals surface area contributed by atoms with Crippen LogP contribution in [0.25, 0.3) is 0 Å². The van der Waals surface area contributed by atoms with Crippen LogP contribution < -0.4 is 0 Å². The minimum Gasteiger partial charge on any atom is -0.455 e. The molecule has 4 aliphatic carbocycles. The molecule has 0 aromatic rings. The lowest BCUT2D eigenvalue weighted by Crippen LogP contribution is -2.51. The van der Waals surface area contributed by atoms with Crippen LogP contribution in [0.4, 0.5) is 0 Å². The van der Waals surface area contributed by atoms with Gasteiger partial charge in [0.1, 0.15) is 0 Å². The first kappa shape index (κ1) is 27.5. The molecule has 0 aromatic heterocycles. The van der Waals surface area contributed by atoms with Gasteiger partial charge in [-0.05, 0) is 136 Å². The normalized spacial score (nSPS) is 40.1. The Morgan fingerprint density at radius 1 is 0.971 bits per heavy atom. The van der Waals surface area contributed by atoms with Gasteiger partial charge in [0.05, 0.1) is 5.71 Å². The smallest absolute Gasteiger partial charge is 0.278 e. The molecule has 0 spiro atoms. The highest BCUT2D eigenvalue weighted by atomic mass is 28.4. The summed E-state index contributed by atoms with van der Waals surface area (Å²) in [4.78, 5) is 0. The second-order valence-electron chi connectivity index (χ2n) is 15.0. The Morgan fingerprint density at radius 2 is 1.71 bits per heavy atom. The van der Waals surface area contributed by atoms with Crippen molar-refractivity contribution in [3.63, 3.8) is 0 Å². The average molecular weight is 500 g/mol. The molecular weight excluding hydrogens is 442 g/mol. The summed E-state index contributed by atoms with van der Waals surface area (Å²) in [6, 6.07) is 0. The Balaban J connectivity index is 1.46. The van der Waals surface area contributed by atoms with E-state index < -0.39 is 8.32 Å². The predicted molar refractivity (Wildman–Crippen MR) is 154 cm³/mol. The zero-order chi connectivity index (χ0) is 25.6. The maximum Gasteiger partial charge on any atom is 0.278 e. The summed E-state index contributed by atoms with van der Waals surface area (Å²) in [5, 5.41) is 4.62. The molecule has 0 saturated heterocycles. The molecule has 0 amide bonds. The zero-order valence-corrected chi connectivity index (χ0v) is 25.8. The molecule has 0 radical (unpaired) electrons. The maximum atomic E-state index is 5.93. The fraction of sp³-hybridized carbons (Fsp3) is 0.906. The first-order chi connectivity index (χ1) is 16.4. The standard InChI is InChI=1S/C32H57NOSi/c1-10-24(22(2)3)12-11-23(4)28-15-16-29-27-14-13-25-21-26(33-34-35(7,8)9)17-19-31(25,5)30(27)18-20-32(28,29)6/h21-24,27-30H,10-20H2,1-9H3/b33-26+. The molecule has 3 fully saturated rings. The Bertz CT molecular complexity index is 809. The highest BCUT2D eigenvalue weighted by molar-refractivity contribution is 6.69. The SMILES string of the molecule is CCC(CCC(C)C1CCC2C3CCC4=C/C(=N/O[Si](C)(C)C)CCC4(C)C3CCC12C)C(C)C. The van der Waals surface area contributed by atoms with Crippen molar-refractivity contribution in [2.24, 2.45) is 57.4 Å². The number of hydrogen-bond donors (Lipinski definition) is 0. The third-order valence-corrected chi connectivity index (χ3v) is 12.3. The van der Waals surface area contributed by atoms with Crippen LogP contribution in [-0.2, 0) is 4.53 Å². The van der Waals surface area contributed by atoms with Crippen molar-refractivity contribution in [1.29, 1.82) is 0 Å². The Morgan fingerprint density at radius 3 is 2.37 bits per heavy atom. The molecule has 2 nitrogen and oxygen atoms in total. The lowest BCUT2D eigenvalue weighted by atomic mass is 9.46. The van der Waals surface area contributed by atoms with Gasteiger partial charge in [-0.15, -0.1) is 5.16 Å². The van der Waals surface area contributed by atoms with E-state index in [1.165, 1.54) is 69.9 Å². The van der Waals surface area contributed by atoms with E-state index in [2.05, 4.69) is 72.4 Å². The van der Waals surface area contributed by atoms with Crippen LogP contribution in [0.2, 0.25) is 19.6 Å². The first-order valence-corrected chi connectivity index (χ1v) is 18.8.